The molecular weight excluding hydrogens is 327 g/mol. The van der Waals surface area contributed by atoms with Crippen molar-refractivity contribution in [3.63, 3.8) is 0 Å². The zero-order chi connectivity index (χ0) is 16.8. The van der Waals surface area contributed by atoms with Crippen molar-refractivity contribution in [1.29, 1.82) is 0 Å². The van der Waals surface area contributed by atoms with E-state index in [1.54, 1.807) is 13.8 Å². The fourth-order valence-electron chi connectivity index (χ4n) is 2.78. The lowest BCUT2D eigenvalue weighted by Gasteiger charge is -2.32. The van der Waals surface area contributed by atoms with Gasteiger partial charge in [-0.15, -0.1) is 0 Å². The average molecular weight is 346 g/mol. The van der Waals surface area contributed by atoms with Crippen molar-refractivity contribution in [2.45, 2.75) is 45.3 Å². The average Bonchev–Trinajstić information content (AvgIpc) is 2.75. The first-order valence-corrected chi connectivity index (χ1v) is 8.83. The first-order valence-electron chi connectivity index (χ1n) is 7.37. The van der Waals surface area contributed by atoms with Crippen molar-refractivity contribution in [1.82, 2.24) is 9.55 Å². The molecule has 2 aliphatic rings. The number of nitrogens with zero attached hydrogens (tertiary/aromatic N) is 1. The van der Waals surface area contributed by atoms with Gasteiger partial charge in [0.25, 0.3) is 5.56 Å². The van der Waals surface area contributed by atoms with E-state index >= 15 is 0 Å². The molecule has 1 aromatic heterocycles. The molecule has 9 nitrogen and oxygen atoms in total. The highest BCUT2D eigenvalue weighted by atomic mass is 31.2. The molecule has 3 rings (SSSR count). The first kappa shape index (κ1) is 16.6. The van der Waals surface area contributed by atoms with E-state index < -0.39 is 37.5 Å². The summed E-state index contributed by atoms with van der Waals surface area (Å²) in [6.45, 7) is 5.33. The molecule has 0 amide bonds. The topological polar surface area (TPSA) is 109 Å². The van der Waals surface area contributed by atoms with Crippen LogP contribution < -0.4 is 11.2 Å². The molecule has 0 bridgehead atoms. The maximum absolute atomic E-state index is 12.4. The molecule has 2 saturated heterocycles. The minimum absolute atomic E-state index is 0.0492. The van der Waals surface area contributed by atoms with Gasteiger partial charge in [0.2, 0.25) is 0 Å². The van der Waals surface area contributed by atoms with Crippen LogP contribution in [0.3, 0.4) is 0 Å². The van der Waals surface area contributed by atoms with Crippen molar-refractivity contribution in [2.24, 2.45) is 5.92 Å². The molecular formula is C13H19N2O7P. The largest absolute Gasteiger partial charge is 0.475 e. The van der Waals surface area contributed by atoms with E-state index in [0.29, 0.717) is 0 Å². The van der Waals surface area contributed by atoms with Crippen LogP contribution in [0, 0.1) is 5.92 Å². The number of hydrogen-bond acceptors (Lipinski definition) is 7. The Balaban J connectivity index is 1.83. The van der Waals surface area contributed by atoms with E-state index in [0.717, 1.165) is 0 Å². The summed E-state index contributed by atoms with van der Waals surface area (Å²) in [6, 6.07) is 1.24. The molecule has 0 radical (unpaired) electrons. The van der Waals surface area contributed by atoms with Crippen LogP contribution in [0.4, 0.5) is 0 Å². The number of aromatic amines is 1. The van der Waals surface area contributed by atoms with Crippen molar-refractivity contribution in [2.75, 3.05) is 6.61 Å². The number of nitrogens with one attached hydrogen (secondary N) is 1. The van der Waals surface area contributed by atoms with Crippen LogP contribution >= 0.6 is 7.82 Å². The van der Waals surface area contributed by atoms with Crippen molar-refractivity contribution in [3.05, 3.63) is 33.1 Å². The summed E-state index contributed by atoms with van der Waals surface area (Å²) in [7, 11) is -3.64. The third-order valence-electron chi connectivity index (χ3n) is 3.76. The number of H-pyrrole nitrogens is 1. The maximum Gasteiger partial charge on any atom is 0.475 e. The SMILES string of the molecule is CC(C)OP1(=O)OC[C@H]2O[C@H](n3ccc(=O)[nH]c3=O)[C@@H](C)[C@@H]2O1. The minimum atomic E-state index is -3.64. The van der Waals surface area contributed by atoms with E-state index in [4.69, 9.17) is 18.3 Å². The van der Waals surface area contributed by atoms with E-state index in [1.165, 1.54) is 16.8 Å². The van der Waals surface area contributed by atoms with E-state index in [1.807, 2.05) is 6.92 Å². The van der Waals surface area contributed by atoms with Gasteiger partial charge >= 0.3 is 13.5 Å². The lowest BCUT2D eigenvalue weighted by Crippen LogP contribution is -2.37. The quantitative estimate of drug-likeness (QED) is 0.814. The number of fused-ring (bicyclic) bond motifs is 1. The molecule has 23 heavy (non-hydrogen) atoms. The highest BCUT2D eigenvalue weighted by Crippen LogP contribution is 2.58. The Morgan fingerprint density at radius 2 is 2.17 bits per heavy atom. The fraction of sp³-hybridized carbons (Fsp3) is 0.692. The molecule has 1 unspecified atom stereocenters. The van der Waals surface area contributed by atoms with Gasteiger partial charge in [-0.2, -0.15) is 0 Å². The second kappa shape index (κ2) is 5.99. The summed E-state index contributed by atoms with van der Waals surface area (Å²) >= 11 is 0. The molecule has 0 saturated carbocycles. The molecule has 10 heteroatoms. The number of rotatable bonds is 3. The summed E-state index contributed by atoms with van der Waals surface area (Å²) < 4.78 is 35.5. The van der Waals surface area contributed by atoms with Gasteiger partial charge in [0.05, 0.1) is 12.7 Å². The van der Waals surface area contributed by atoms with Gasteiger partial charge in [-0.25, -0.2) is 9.36 Å². The molecule has 0 spiro atoms. The smallest absolute Gasteiger partial charge is 0.349 e. The summed E-state index contributed by atoms with van der Waals surface area (Å²) in [5.74, 6) is -0.281. The monoisotopic (exact) mass is 346 g/mol. The minimum Gasteiger partial charge on any atom is -0.349 e. The van der Waals surface area contributed by atoms with Crippen LogP contribution in [-0.4, -0.2) is 34.5 Å². The van der Waals surface area contributed by atoms with Gasteiger partial charge in [-0.3, -0.25) is 27.9 Å². The number of aromatic nitrogens is 2. The molecule has 3 heterocycles. The summed E-state index contributed by atoms with van der Waals surface area (Å²) in [5, 5.41) is 0. The molecule has 0 aliphatic carbocycles. The van der Waals surface area contributed by atoms with Crippen LogP contribution in [0.25, 0.3) is 0 Å². The number of phosphoric ester groups is 1. The van der Waals surface area contributed by atoms with Crippen molar-refractivity contribution >= 4 is 7.82 Å². The molecule has 0 aromatic carbocycles. The molecule has 2 aliphatic heterocycles. The van der Waals surface area contributed by atoms with E-state index in [2.05, 4.69) is 4.98 Å². The van der Waals surface area contributed by atoms with Gasteiger partial charge in [0.15, 0.2) is 0 Å². The van der Waals surface area contributed by atoms with Crippen LogP contribution in [-0.2, 0) is 22.9 Å². The summed E-state index contributed by atoms with van der Waals surface area (Å²) in [6.07, 6.45) is -0.593. The first-order chi connectivity index (χ1) is 10.8. The van der Waals surface area contributed by atoms with Crippen LogP contribution in [0.1, 0.15) is 27.0 Å². The normalized spacial score (nSPS) is 37.0. The molecule has 5 atom stereocenters. The summed E-state index contributed by atoms with van der Waals surface area (Å²) in [4.78, 5) is 25.3. The predicted octanol–water partition coefficient (Wildman–Crippen LogP) is 1.02. The van der Waals surface area contributed by atoms with Gasteiger partial charge in [0, 0.05) is 18.2 Å². The van der Waals surface area contributed by atoms with E-state index in [-0.39, 0.29) is 18.6 Å². The Bertz CT molecular complexity index is 742. The number of hydrogen-bond donors (Lipinski definition) is 1. The Morgan fingerprint density at radius 3 is 2.83 bits per heavy atom. The highest BCUT2D eigenvalue weighted by molar-refractivity contribution is 7.48. The van der Waals surface area contributed by atoms with Gasteiger partial charge in [0.1, 0.15) is 18.4 Å². The van der Waals surface area contributed by atoms with Gasteiger partial charge in [-0.05, 0) is 13.8 Å². The Kier molecular flexibility index (Phi) is 4.33. The second-order valence-corrected chi connectivity index (χ2v) is 7.48. The van der Waals surface area contributed by atoms with Crippen molar-refractivity contribution in [3.8, 4) is 0 Å². The zero-order valence-corrected chi connectivity index (χ0v) is 13.9. The maximum atomic E-state index is 12.4. The molecule has 1 N–H and O–H groups in total. The molecule has 128 valence electrons. The van der Waals surface area contributed by atoms with Gasteiger partial charge in [-0.1, -0.05) is 6.92 Å². The fourth-order valence-corrected chi connectivity index (χ4v) is 4.43. The van der Waals surface area contributed by atoms with Crippen LogP contribution in [0.2, 0.25) is 0 Å². The standard InChI is InChI=1S/C13H19N2O7P/c1-7(2)21-23(18)19-6-9-11(22-23)8(3)12(20-9)15-5-4-10(16)14-13(15)17/h4-5,7-9,11-12H,6H2,1-3H3,(H,14,16,17)/t8-,9+,11-,12-,23?/m0/s1. The number of phosphoric acid groups is 1. The lowest BCUT2D eigenvalue weighted by molar-refractivity contribution is -0.0748. The Hall–Kier alpha value is -1.25. The number of ether oxygens (including phenoxy) is 1. The van der Waals surface area contributed by atoms with E-state index in [9.17, 15) is 14.2 Å². The zero-order valence-electron chi connectivity index (χ0n) is 13.0. The third-order valence-corrected chi connectivity index (χ3v) is 5.41. The molecule has 1 aromatic rings. The van der Waals surface area contributed by atoms with Crippen molar-refractivity contribution < 1.29 is 22.9 Å². The van der Waals surface area contributed by atoms with Gasteiger partial charge < -0.3 is 4.74 Å². The molecule has 2 fully saturated rings. The third kappa shape index (κ3) is 3.20. The lowest BCUT2D eigenvalue weighted by atomic mass is 10.0. The van der Waals surface area contributed by atoms with Crippen LogP contribution in [0.15, 0.2) is 21.9 Å². The highest BCUT2D eigenvalue weighted by Gasteiger charge is 2.52. The Labute approximate surface area is 132 Å². The second-order valence-electron chi connectivity index (χ2n) is 5.91. The summed E-state index contributed by atoms with van der Waals surface area (Å²) in [5.41, 5.74) is -1.06. The van der Waals surface area contributed by atoms with Crippen LogP contribution in [0.5, 0.6) is 0 Å². The predicted molar refractivity (Wildman–Crippen MR) is 79.0 cm³/mol. The Morgan fingerprint density at radius 1 is 1.43 bits per heavy atom.